The van der Waals surface area contributed by atoms with Crippen molar-refractivity contribution in [1.29, 1.82) is 0 Å². The van der Waals surface area contributed by atoms with Gasteiger partial charge >= 0.3 is 0 Å². The predicted octanol–water partition coefficient (Wildman–Crippen LogP) is 3.39. The number of thiocarbonyl (C=S) groups is 1. The first-order valence-electron chi connectivity index (χ1n) is 5.81. The highest BCUT2D eigenvalue weighted by molar-refractivity contribution is 7.80. The molecule has 1 aromatic carbocycles. The predicted molar refractivity (Wildman–Crippen MR) is 86.4 cm³/mol. The molecule has 0 radical (unpaired) electrons. The minimum Gasteiger partial charge on any atom is -0.389 e. The van der Waals surface area contributed by atoms with Crippen LogP contribution in [0.4, 0.5) is 5.69 Å². The summed E-state index contributed by atoms with van der Waals surface area (Å²) in [6, 6.07) is 5.58. The molecule has 0 fully saturated rings. The van der Waals surface area contributed by atoms with Crippen LogP contribution in [0.5, 0.6) is 0 Å². The van der Waals surface area contributed by atoms with Crippen LogP contribution in [0.15, 0.2) is 23.6 Å². The van der Waals surface area contributed by atoms with Crippen LogP contribution in [-0.4, -0.2) is 16.5 Å². The molecule has 3 N–H and O–H groups in total. The largest absolute Gasteiger partial charge is 0.389 e. The molecule has 1 heterocycles. The van der Waals surface area contributed by atoms with E-state index in [0.717, 1.165) is 29.4 Å². The average Bonchev–Trinajstić information content (AvgIpc) is 2.74. The standard InChI is InChI=1S/C13H14ClN3S2/c1-8-7-19-11(17-8)5-6-16-10-4-2-3-9(14)12(10)13(15)18/h2-4,7,16H,5-6H2,1H3,(H2,15,18). The molecular formula is C13H14ClN3S2. The van der Waals surface area contributed by atoms with Gasteiger partial charge in [-0.2, -0.15) is 0 Å². The first kappa shape index (κ1) is 14.2. The highest BCUT2D eigenvalue weighted by Crippen LogP contribution is 2.24. The maximum atomic E-state index is 6.11. The van der Waals surface area contributed by atoms with Gasteiger partial charge in [0.2, 0.25) is 0 Å². The molecule has 100 valence electrons. The van der Waals surface area contributed by atoms with Crippen molar-refractivity contribution in [3.63, 3.8) is 0 Å². The van der Waals surface area contributed by atoms with Gasteiger partial charge in [-0.15, -0.1) is 11.3 Å². The van der Waals surface area contributed by atoms with Crippen molar-refractivity contribution in [3.05, 3.63) is 44.9 Å². The van der Waals surface area contributed by atoms with Crippen molar-refractivity contribution in [2.45, 2.75) is 13.3 Å². The fourth-order valence-corrected chi connectivity index (χ4v) is 3.07. The molecule has 19 heavy (non-hydrogen) atoms. The van der Waals surface area contributed by atoms with E-state index in [1.165, 1.54) is 0 Å². The van der Waals surface area contributed by atoms with Crippen LogP contribution in [0.1, 0.15) is 16.3 Å². The van der Waals surface area contributed by atoms with Crippen molar-refractivity contribution < 1.29 is 0 Å². The van der Waals surface area contributed by atoms with Crippen LogP contribution in [0.3, 0.4) is 0 Å². The minimum atomic E-state index is 0.304. The van der Waals surface area contributed by atoms with Crippen molar-refractivity contribution in [2.75, 3.05) is 11.9 Å². The molecule has 0 saturated carbocycles. The number of nitrogens with zero attached hydrogens (tertiary/aromatic N) is 1. The van der Waals surface area contributed by atoms with Crippen LogP contribution in [-0.2, 0) is 6.42 Å². The summed E-state index contributed by atoms with van der Waals surface area (Å²) in [5, 5.41) is 7.05. The number of hydrogen-bond acceptors (Lipinski definition) is 4. The summed E-state index contributed by atoms with van der Waals surface area (Å²) in [6.45, 7) is 2.76. The second-order valence-corrected chi connectivity index (χ2v) is 5.88. The smallest absolute Gasteiger partial charge is 0.107 e. The molecule has 0 bridgehead atoms. The van der Waals surface area contributed by atoms with Crippen LogP contribution < -0.4 is 11.1 Å². The molecule has 0 aliphatic carbocycles. The Morgan fingerprint density at radius 3 is 2.95 bits per heavy atom. The maximum Gasteiger partial charge on any atom is 0.107 e. The number of anilines is 1. The lowest BCUT2D eigenvalue weighted by atomic mass is 10.1. The third-order valence-electron chi connectivity index (χ3n) is 2.58. The Morgan fingerprint density at radius 1 is 1.53 bits per heavy atom. The second-order valence-electron chi connectivity index (χ2n) is 4.09. The summed E-state index contributed by atoms with van der Waals surface area (Å²) in [4.78, 5) is 4.72. The number of rotatable bonds is 5. The third-order valence-corrected chi connectivity index (χ3v) is 4.13. The molecule has 6 heteroatoms. The van der Waals surface area contributed by atoms with E-state index in [2.05, 4.69) is 15.7 Å². The van der Waals surface area contributed by atoms with E-state index in [4.69, 9.17) is 29.6 Å². The summed E-state index contributed by atoms with van der Waals surface area (Å²) < 4.78 is 0. The van der Waals surface area contributed by atoms with E-state index in [9.17, 15) is 0 Å². The zero-order chi connectivity index (χ0) is 13.8. The van der Waals surface area contributed by atoms with Crippen LogP contribution >= 0.6 is 35.2 Å². The molecule has 0 atom stereocenters. The summed E-state index contributed by atoms with van der Waals surface area (Å²) in [5.74, 6) is 0. The molecule has 3 nitrogen and oxygen atoms in total. The van der Waals surface area contributed by atoms with E-state index in [1.54, 1.807) is 17.4 Å². The molecule has 2 rings (SSSR count). The monoisotopic (exact) mass is 311 g/mol. The van der Waals surface area contributed by atoms with Crippen LogP contribution in [0.2, 0.25) is 5.02 Å². The number of thiazole rings is 1. The van der Waals surface area contributed by atoms with Crippen molar-refractivity contribution in [1.82, 2.24) is 4.98 Å². The molecule has 0 amide bonds. The average molecular weight is 312 g/mol. The quantitative estimate of drug-likeness (QED) is 0.831. The normalized spacial score (nSPS) is 10.4. The van der Waals surface area contributed by atoms with Gasteiger partial charge in [-0.1, -0.05) is 29.9 Å². The first-order chi connectivity index (χ1) is 9.08. The Labute approximate surface area is 126 Å². The molecule has 1 aromatic heterocycles. The topological polar surface area (TPSA) is 50.9 Å². The van der Waals surface area contributed by atoms with Gasteiger partial charge in [-0.3, -0.25) is 0 Å². The van der Waals surface area contributed by atoms with E-state index >= 15 is 0 Å². The van der Waals surface area contributed by atoms with Gasteiger partial charge in [0.25, 0.3) is 0 Å². The Bertz CT molecular complexity index is 595. The zero-order valence-corrected chi connectivity index (χ0v) is 12.8. The summed E-state index contributed by atoms with van der Waals surface area (Å²) in [6.07, 6.45) is 0.863. The van der Waals surface area contributed by atoms with Crippen molar-refractivity contribution in [2.24, 2.45) is 5.73 Å². The van der Waals surface area contributed by atoms with Crippen LogP contribution in [0.25, 0.3) is 0 Å². The van der Waals surface area contributed by atoms with Gasteiger partial charge in [-0.05, 0) is 19.1 Å². The molecule has 0 aliphatic rings. The number of aromatic nitrogens is 1. The molecule has 0 saturated heterocycles. The Balaban J connectivity index is 2.03. The lowest BCUT2D eigenvalue weighted by Crippen LogP contribution is -2.15. The van der Waals surface area contributed by atoms with Crippen molar-refractivity contribution >= 4 is 45.8 Å². The van der Waals surface area contributed by atoms with Crippen molar-refractivity contribution in [3.8, 4) is 0 Å². The summed E-state index contributed by atoms with van der Waals surface area (Å²) in [7, 11) is 0. The lowest BCUT2D eigenvalue weighted by Gasteiger charge is -2.11. The molecule has 2 aromatic rings. The Morgan fingerprint density at radius 2 is 2.32 bits per heavy atom. The maximum absolute atomic E-state index is 6.11. The zero-order valence-electron chi connectivity index (χ0n) is 10.4. The van der Waals surface area contributed by atoms with E-state index in [-0.39, 0.29) is 0 Å². The van der Waals surface area contributed by atoms with E-state index < -0.39 is 0 Å². The SMILES string of the molecule is Cc1csc(CCNc2cccc(Cl)c2C(N)=S)n1. The Hall–Kier alpha value is -1.17. The summed E-state index contributed by atoms with van der Waals surface area (Å²) >= 11 is 12.8. The highest BCUT2D eigenvalue weighted by Gasteiger charge is 2.09. The fourth-order valence-electron chi connectivity index (χ4n) is 1.74. The lowest BCUT2D eigenvalue weighted by molar-refractivity contribution is 0.986. The molecule has 0 aliphatic heterocycles. The van der Waals surface area contributed by atoms with Gasteiger partial charge in [0.1, 0.15) is 4.99 Å². The first-order valence-corrected chi connectivity index (χ1v) is 7.47. The minimum absolute atomic E-state index is 0.304. The van der Waals surface area contributed by atoms with Crippen LogP contribution in [0, 0.1) is 6.92 Å². The van der Waals surface area contributed by atoms with E-state index in [0.29, 0.717) is 15.6 Å². The van der Waals surface area contributed by atoms with Gasteiger partial charge in [0.05, 0.1) is 15.6 Å². The van der Waals surface area contributed by atoms with E-state index in [1.807, 2.05) is 19.1 Å². The summed E-state index contributed by atoms with van der Waals surface area (Å²) in [5.41, 5.74) is 8.33. The number of nitrogens with two attached hydrogens (primary N) is 1. The number of aryl methyl sites for hydroxylation is 1. The van der Waals surface area contributed by atoms with Gasteiger partial charge in [-0.25, -0.2) is 4.98 Å². The molecule has 0 unspecified atom stereocenters. The molecular weight excluding hydrogens is 298 g/mol. The number of benzene rings is 1. The molecule has 0 spiro atoms. The number of nitrogens with one attached hydrogen (secondary N) is 1. The fraction of sp³-hybridized carbons (Fsp3) is 0.231. The number of halogens is 1. The van der Waals surface area contributed by atoms with Gasteiger partial charge in [0.15, 0.2) is 0 Å². The van der Waals surface area contributed by atoms with Gasteiger partial charge in [0, 0.05) is 29.7 Å². The highest BCUT2D eigenvalue weighted by atomic mass is 35.5. The van der Waals surface area contributed by atoms with Gasteiger partial charge < -0.3 is 11.1 Å². The number of hydrogen-bond donors (Lipinski definition) is 2. The third kappa shape index (κ3) is 3.65. The second kappa shape index (κ2) is 6.32. The Kier molecular flexibility index (Phi) is 4.74.